The second-order valence-corrected chi connectivity index (χ2v) is 4.84. The Balaban J connectivity index is 1.98. The highest BCUT2D eigenvalue weighted by Gasteiger charge is 2.08. The van der Waals surface area contributed by atoms with Crippen LogP contribution in [0.2, 0.25) is 5.02 Å². The summed E-state index contributed by atoms with van der Waals surface area (Å²) in [7, 11) is 0. The lowest BCUT2D eigenvalue weighted by molar-refractivity contribution is 0.574. The minimum atomic E-state index is 0.222. The molecule has 1 aromatic heterocycles. The molecule has 3 heteroatoms. The second-order valence-electron chi connectivity index (χ2n) is 4.43. The molecule has 2 nitrogen and oxygen atoms in total. The van der Waals surface area contributed by atoms with Crippen LogP contribution < -0.4 is 5.32 Å². The van der Waals surface area contributed by atoms with Gasteiger partial charge in [-0.25, -0.2) is 0 Å². The first-order chi connectivity index (χ1) is 8.66. The average Bonchev–Trinajstić information content (AvgIpc) is 2.38. The Morgan fingerprint density at radius 2 is 2.00 bits per heavy atom. The summed E-state index contributed by atoms with van der Waals surface area (Å²) in [5.74, 6) is 0. The van der Waals surface area contributed by atoms with E-state index < -0.39 is 0 Å². The zero-order chi connectivity index (χ0) is 13.0. The van der Waals surface area contributed by atoms with Gasteiger partial charge in [0.15, 0.2) is 0 Å². The van der Waals surface area contributed by atoms with E-state index in [1.165, 1.54) is 5.56 Å². The Kier molecular flexibility index (Phi) is 4.34. The lowest BCUT2D eigenvalue weighted by Crippen LogP contribution is -2.18. The molecular weight excluding hydrogens is 244 g/mol. The van der Waals surface area contributed by atoms with Crippen LogP contribution in [0.1, 0.15) is 29.8 Å². The number of aromatic nitrogens is 1. The summed E-state index contributed by atoms with van der Waals surface area (Å²) >= 11 is 6.17. The van der Waals surface area contributed by atoms with Crippen molar-refractivity contribution in [1.82, 2.24) is 10.3 Å². The van der Waals surface area contributed by atoms with Gasteiger partial charge in [-0.3, -0.25) is 4.98 Å². The van der Waals surface area contributed by atoms with Crippen LogP contribution in [0.4, 0.5) is 0 Å². The van der Waals surface area contributed by atoms with Gasteiger partial charge in [0.2, 0.25) is 0 Å². The molecule has 0 aliphatic carbocycles. The lowest BCUT2D eigenvalue weighted by Gasteiger charge is -2.15. The molecule has 1 aromatic carbocycles. The van der Waals surface area contributed by atoms with Crippen LogP contribution in [0.15, 0.2) is 42.6 Å². The van der Waals surface area contributed by atoms with E-state index in [2.05, 4.69) is 23.3 Å². The average molecular weight is 261 g/mol. The smallest absolute Gasteiger partial charge is 0.0453 e. The van der Waals surface area contributed by atoms with Gasteiger partial charge >= 0.3 is 0 Å². The normalized spacial score (nSPS) is 12.4. The molecule has 0 bridgehead atoms. The molecule has 1 heterocycles. The van der Waals surface area contributed by atoms with E-state index in [4.69, 9.17) is 11.6 Å². The van der Waals surface area contributed by atoms with Crippen LogP contribution in [0.25, 0.3) is 0 Å². The SMILES string of the molecule is Cc1ccc(CN[C@@H](C)c2ccccc2Cl)cn1. The fourth-order valence-electron chi connectivity index (χ4n) is 1.81. The molecule has 0 saturated heterocycles. The van der Waals surface area contributed by atoms with Crippen molar-refractivity contribution < 1.29 is 0 Å². The number of rotatable bonds is 4. The number of aryl methyl sites for hydroxylation is 1. The fraction of sp³-hybridized carbons (Fsp3) is 0.267. The molecule has 18 heavy (non-hydrogen) atoms. The van der Waals surface area contributed by atoms with Crippen molar-refractivity contribution in [3.05, 3.63) is 64.4 Å². The predicted molar refractivity (Wildman–Crippen MR) is 75.7 cm³/mol. The van der Waals surface area contributed by atoms with Gasteiger partial charge in [0.1, 0.15) is 0 Å². The fourth-order valence-corrected chi connectivity index (χ4v) is 2.11. The first kappa shape index (κ1) is 13.1. The number of hydrogen-bond acceptors (Lipinski definition) is 2. The minimum Gasteiger partial charge on any atom is -0.306 e. The van der Waals surface area contributed by atoms with Gasteiger partial charge in [-0.2, -0.15) is 0 Å². The molecule has 0 radical (unpaired) electrons. The van der Waals surface area contributed by atoms with Crippen LogP contribution in [-0.4, -0.2) is 4.98 Å². The van der Waals surface area contributed by atoms with Crippen molar-refractivity contribution in [2.24, 2.45) is 0 Å². The number of pyridine rings is 1. The molecule has 0 fully saturated rings. The maximum atomic E-state index is 6.17. The maximum Gasteiger partial charge on any atom is 0.0453 e. The van der Waals surface area contributed by atoms with Crippen LogP contribution in [0.5, 0.6) is 0 Å². The van der Waals surface area contributed by atoms with Gasteiger partial charge in [-0.1, -0.05) is 35.9 Å². The van der Waals surface area contributed by atoms with E-state index >= 15 is 0 Å². The van der Waals surface area contributed by atoms with Crippen LogP contribution >= 0.6 is 11.6 Å². The number of hydrogen-bond donors (Lipinski definition) is 1. The van der Waals surface area contributed by atoms with Gasteiger partial charge in [-0.05, 0) is 37.1 Å². The standard InChI is InChI=1S/C15H17ClN2/c1-11-7-8-13(9-17-11)10-18-12(2)14-5-3-4-6-15(14)16/h3-9,12,18H,10H2,1-2H3/t12-/m0/s1. The molecule has 0 amide bonds. The molecule has 2 aromatic rings. The first-order valence-electron chi connectivity index (χ1n) is 6.06. The Labute approximate surface area is 113 Å². The van der Waals surface area contributed by atoms with Gasteiger partial charge in [0, 0.05) is 29.5 Å². The Bertz CT molecular complexity index is 508. The van der Waals surface area contributed by atoms with E-state index in [9.17, 15) is 0 Å². The van der Waals surface area contributed by atoms with E-state index in [1.54, 1.807) is 0 Å². The Hall–Kier alpha value is -1.38. The van der Waals surface area contributed by atoms with Crippen molar-refractivity contribution in [3.8, 4) is 0 Å². The first-order valence-corrected chi connectivity index (χ1v) is 6.44. The highest BCUT2D eigenvalue weighted by atomic mass is 35.5. The van der Waals surface area contributed by atoms with E-state index in [0.29, 0.717) is 0 Å². The molecule has 1 N–H and O–H groups in total. The summed E-state index contributed by atoms with van der Waals surface area (Å²) in [6.45, 7) is 4.89. The van der Waals surface area contributed by atoms with E-state index in [1.807, 2.05) is 43.5 Å². The van der Waals surface area contributed by atoms with Gasteiger partial charge in [0.25, 0.3) is 0 Å². The molecule has 1 atom stereocenters. The van der Waals surface area contributed by atoms with Gasteiger partial charge < -0.3 is 5.32 Å². The van der Waals surface area contributed by atoms with Gasteiger partial charge in [-0.15, -0.1) is 0 Å². The predicted octanol–water partition coefficient (Wildman–Crippen LogP) is 3.89. The third-order valence-electron chi connectivity index (χ3n) is 2.96. The monoisotopic (exact) mass is 260 g/mol. The van der Waals surface area contributed by atoms with E-state index in [0.717, 1.165) is 22.8 Å². The van der Waals surface area contributed by atoms with E-state index in [-0.39, 0.29) is 6.04 Å². The summed E-state index contributed by atoms with van der Waals surface area (Å²) in [6, 6.07) is 12.3. The Morgan fingerprint density at radius 1 is 1.22 bits per heavy atom. The largest absolute Gasteiger partial charge is 0.306 e. The highest BCUT2D eigenvalue weighted by molar-refractivity contribution is 6.31. The van der Waals surface area contributed by atoms with Crippen LogP contribution in [0.3, 0.4) is 0 Å². The molecule has 0 saturated carbocycles. The molecular formula is C15H17ClN2. The number of benzene rings is 1. The van der Waals surface area contributed by atoms with Crippen molar-refractivity contribution >= 4 is 11.6 Å². The molecule has 0 unspecified atom stereocenters. The summed E-state index contributed by atoms with van der Waals surface area (Å²) in [4.78, 5) is 4.28. The van der Waals surface area contributed by atoms with Crippen LogP contribution in [-0.2, 0) is 6.54 Å². The summed E-state index contributed by atoms with van der Waals surface area (Å²) < 4.78 is 0. The third-order valence-corrected chi connectivity index (χ3v) is 3.30. The summed E-state index contributed by atoms with van der Waals surface area (Å²) in [5, 5.41) is 4.26. The van der Waals surface area contributed by atoms with Crippen molar-refractivity contribution in [2.45, 2.75) is 26.4 Å². The zero-order valence-electron chi connectivity index (χ0n) is 10.7. The topological polar surface area (TPSA) is 24.9 Å². The molecule has 94 valence electrons. The third kappa shape index (κ3) is 3.31. The summed E-state index contributed by atoms with van der Waals surface area (Å²) in [6.07, 6.45) is 1.90. The maximum absolute atomic E-state index is 6.17. The molecule has 0 aliphatic rings. The van der Waals surface area contributed by atoms with Crippen molar-refractivity contribution in [3.63, 3.8) is 0 Å². The second kappa shape index (κ2) is 5.98. The highest BCUT2D eigenvalue weighted by Crippen LogP contribution is 2.22. The number of nitrogens with one attached hydrogen (secondary N) is 1. The summed E-state index contributed by atoms with van der Waals surface area (Å²) in [5.41, 5.74) is 3.34. The number of halogens is 1. The molecule has 2 rings (SSSR count). The van der Waals surface area contributed by atoms with Crippen LogP contribution in [0, 0.1) is 6.92 Å². The quantitative estimate of drug-likeness (QED) is 0.902. The number of nitrogens with zero attached hydrogens (tertiary/aromatic N) is 1. The van der Waals surface area contributed by atoms with Crippen molar-refractivity contribution in [1.29, 1.82) is 0 Å². The lowest BCUT2D eigenvalue weighted by atomic mass is 10.1. The van der Waals surface area contributed by atoms with Gasteiger partial charge in [0.05, 0.1) is 0 Å². The van der Waals surface area contributed by atoms with Crippen molar-refractivity contribution in [2.75, 3.05) is 0 Å². The zero-order valence-corrected chi connectivity index (χ0v) is 11.4. The molecule has 0 spiro atoms. The minimum absolute atomic E-state index is 0.222. The Morgan fingerprint density at radius 3 is 2.67 bits per heavy atom. The molecule has 0 aliphatic heterocycles.